The zero-order chi connectivity index (χ0) is 14.4. The highest BCUT2D eigenvalue weighted by atomic mass is 16.5. The van der Waals surface area contributed by atoms with Crippen molar-refractivity contribution in [3.8, 4) is 5.75 Å². The number of amides is 1. The SMILES string of the molecule is COc1ccccc1C(=O)N1CCCN(CCO)CC1. The monoisotopic (exact) mass is 278 g/mol. The van der Waals surface area contributed by atoms with Crippen molar-refractivity contribution < 1.29 is 14.6 Å². The van der Waals surface area contributed by atoms with Gasteiger partial charge in [-0.25, -0.2) is 0 Å². The Morgan fingerprint density at radius 2 is 2.05 bits per heavy atom. The molecular weight excluding hydrogens is 256 g/mol. The number of rotatable bonds is 4. The smallest absolute Gasteiger partial charge is 0.257 e. The summed E-state index contributed by atoms with van der Waals surface area (Å²) in [5.74, 6) is 0.641. The molecule has 1 N–H and O–H groups in total. The number of carbonyl (C=O) groups is 1. The zero-order valence-electron chi connectivity index (χ0n) is 11.9. The number of hydrogen-bond acceptors (Lipinski definition) is 4. The highest BCUT2D eigenvalue weighted by Crippen LogP contribution is 2.20. The average molecular weight is 278 g/mol. The number of hydrogen-bond donors (Lipinski definition) is 1. The van der Waals surface area contributed by atoms with Crippen molar-refractivity contribution in [1.29, 1.82) is 0 Å². The summed E-state index contributed by atoms with van der Waals surface area (Å²) in [5, 5.41) is 8.99. The molecule has 0 aromatic heterocycles. The van der Waals surface area contributed by atoms with Crippen molar-refractivity contribution in [1.82, 2.24) is 9.80 Å². The summed E-state index contributed by atoms with van der Waals surface area (Å²) >= 11 is 0. The van der Waals surface area contributed by atoms with Crippen LogP contribution in [0.1, 0.15) is 16.8 Å². The molecule has 0 saturated carbocycles. The van der Waals surface area contributed by atoms with Crippen LogP contribution in [0.2, 0.25) is 0 Å². The number of aliphatic hydroxyl groups excluding tert-OH is 1. The van der Waals surface area contributed by atoms with E-state index in [2.05, 4.69) is 4.90 Å². The van der Waals surface area contributed by atoms with Gasteiger partial charge in [-0.2, -0.15) is 0 Å². The maximum atomic E-state index is 12.6. The fraction of sp³-hybridized carbons (Fsp3) is 0.533. The summed E-state index contributed by atoms with van der Waals surface area (Å²) in [7, 11) is 1.58. The van der Waals surface area contributed by atoms with Crippen LogP contribution in [0.15, 0.2) is 24.3 Å². The van der Waals surface area contributed by atoms with E-state index in [1.807, 2.05) is 23.1 Å². The van der Waals surface area contributed by atoms with Gasteiger partial charge in [0.15, 0.2) is 0 Å². The van der Waals surface area contributed by atoms with Crippen LogP contribution in [0.4, 0.5) is 0 Å². The molecule has 0 bridgehead atoms. The first kappa shape index (κ1) is 14.8. The standard InChI is InChI=1S/C15H22N2O3/c1-20-14-6-3-2-5-13(14)15(19)17-8-4-7-16(9-10-17)11-12-18/h2-3,5-6,18H,4,7-12H2,1H3. The molecule has 1 heterocycles. The van der Waals surface area contributed by atoms with Crippen molar-refractivity contribution in [3.63, 3.8) is 0 Å². The average Bonchev–Trinajstić information content (AvgIpc) is 2.72. The van der Waals surface area contributed by atoms with Gasteiger partial charge >= 0.3 is 0 Å². The van der Waals surface area contributed by atoms with Gasteiger partial charge < -0.3 is 14.7 Å². The van der Waals surface area contributed by atoms with E-state index in [1.54, 1.807) is 13.2 Å². The van der Waals surface area contributed by atoms with Crippen molar-refractivity contribution >= 4 is 5.91 Å². The number of ether oxygens (including phenoxy) is 1. The van der Waals surface area contributed by atoms with Gasteiger partial charge in [-0.05, 0) is 25.1 Å². The minimum Gasteiger partial charge on any atom is -0.496 e. The van der Waals surface area contributed by atoms with Crippen LogP contribution in [0.3, 0.4) is 0 Å². The number of aliphatic hydroxyl groups is 1. The van der Waals surface area contributed by atoms with Crippen LogP contribution in [0, 0.1) is 0 Å². The fourth-order valence-electron chi connectivity index (χ4n) is 2.53. The van der Waals surface area contributed by atoms with Crippen molar-refractivity contribution in [2.45, 2.75) is 6.42 Å². The van der Waals surface area contributed by atoms with Crippen LogP contribution < -0.4 is 4.74 Å². The Bertz CT molecular complexity index is 450. The highest BCUT2D eigenvalue weighted by Gasteiger charge is 2.22. The first-order chi connectivity index (χ1) is 9.76. The minimum atomic E-state index is 0.0216. The molecule has 0 unspecified atom stereocenters. The van der Waals surface area contributed by atoms with E-state index in [0.717, 1.165) is 26.1 Å². The summed E-state index contributed by atoms with van der Waals surface area (Å²) in [6.07, 6.45) is 0.931. The normalized spacial score (nSPS) is 16.8. The Kier molecular flexibility index (Phi) is 5.38. The number of β-amino-alcohol motifs (C(OH)–C–C–N with tert-alkyl or cyclic N) is 1. The number of nitrogens with zero attached hydrogens (tertiary/aromatic N) is 2. The lowest BCUT2D eigenvalue weighted by Crippen LogP contribution is -2.36. The maximum Gasteiger partial charge on any atom is 0.257 e. The fourth-order valence-corrected chi connectivity index (χ4v) is 2.53. The second kappa shape index (κ2) is 7.26. The van der Waals surface area contributed by atoms with Crippen molar-refractivity contribution in [2.24, 2.45) is 0 Å². The molecule has 1 aromatic carbocycles. The summed E-state index contributed by atoms with van der Waals surface area (Å²) in [6.45, 7) is 4.02. The van der Waals surface area contributed by atoms with Gasteiger partial charge in [-0.15, -0.1) is 0 Å². The molecular formula is C15H22N2O3. The molecule has 0 aliphatic carbocycles. The van der Waals surface area contributed by atoms with Gasteiger partial charge in [-0.1, -0.05) is 12.1 Å². The predicted molar refractivity (Wildman–Crippen MR) is 77.0 cm³/mol. The molecule has 1 fully saturated rings. The third kappa shape index (κ3) is 3.49. The Balaban J connectivity index is 2.05. The van der Waals surface area contributed by atoms with E-state index in [0.29, 0.717) is 24.4 Å². The van der Waals surface area contributed by atoms with E-state index in [1.165, 1.54) is 0 Å². The molecule has 1 aromatic rings. The predicted octanol–water partition coefficient (Wildman–Crippen LogP) is 0.835. The van der Waals surface area contributed by atoms with Crippen LogP contribution in [-0.2, 0) is 0 Å². The van der Waals surface area contributed by atoms with Gasteiger partial charge in [-0.3, -0.25) is 9.69 Å². The molecule has 5 heteroatoms. The first-order valence-corrected chi connectivity index (χ1v) is 7.01. The third-order valence-corrected chi connectivity index (χ3v) is 3.63. The van der Waals surface area contributed by atoms with E-state index < -0.39 is 0 Å². The lowest BCUT2D eigenvalue weighted by molar-refractivity contribution is 0.0757. The van der Waals surface area contributed by atoms with Crippen LogP contribution >= 0.6 is 0 Å². The van der Waals surface area contributed by atoms with Crippen LogP contribution in [0.25, 0.3) is 0 Å². The summed E-state index contributed by atoms with van der Waals surface area (Å²) in [5.41, 5.74) is 0.616. The second-order valence-corrected chi connectivity index (χ2v) is 4.91. The summed E-state index contributed by atoms with van der Waals surface area (Å²) < 4.78 is 5.26. The van der Waals surface area contributed by atoms with Crippen molar-refractivity contribution in [2.75, 3.05) is 46.4 Å². The molecule has 1 amide bonds. The van der Waals surface area contributed by atoms with E-state index in [9.17, 15) is 4.79 Å². The topological polar surface area (TPSA) is 53.0 Å². The highest BCUT2D eigenvalue weighted by molar-refractivity contribution is 5.97. The van der Waals surface area contributed by atoms with Gasteiger partial charge in [0.05, 0.1) is 19.3 Å². The molecule has 1 aliphatic rings. The Morgan fingerprint density at radius 3 is 2.80 bits per heavy atom. The zero-order valence-corrected chi connectivity index (χ0v) is 11.9. The van der Waals surface area contributed by atoms with E-state index in [4.69, 9.17) is 9.84 Å². The minimum absolute atomic E-state index is 0.0216. The third-order valence-electron chi connectivity index (χ3n) is 3.63. The molecule has 1 aliphatic heterocycles. The molecule has 20 heavy (non-hydrogen) atoms. The number of para-hydroxylation sites is 1. The molecule has 2 rings (SSSR count). The molecule has 1 saturated heterocycles. The molecule has 0 spiro atoms. The molecule has 5 nitrogen and oxygen atoms in total. The molecule has 0 atom stereocenters. The van der Waals surface area contributed by atoms with Gasteiger partial charge in [0.1, 0.15) is 5.75 Å². The number of carbonyl (C=O) groups excluding carboxylic acids is 1. The van der Waals surface area contributed by atoms with Gasteiger partial charge in [0, 0.05) is 26.2 Å². The number of methoxy groups -OCH3 is 1. The first-order valence-electron chi connectivity index (χ1n) is 7.01. The number of benzene rings is 1. The lowest BCUT2D eigenvalue weighted by atomic mass is 10.1. The molecule has 0 radical (unpaired) electrons. The van der Waals surface area contributed by atoms with E-state index >= 15 is 0 Å². The Morgan fingerprint density at radius 1 is 1.25 bits per heavy atom. The van der Waals surface area contributed by atoms with E-state index in [-0.39, 0.29) is 12.5 Å². The molecule has 110 valence electrons. The lowest BCUT2D eigenvalue weighted by Gasteiger charge is -2.22. The van der Waals surface area contributed by atoms with Crippen molar-refractivity contribution in [3.05, 3.63) is 29.8 Å². The quantitative estimate of drug-likeness (QED) is 0.886. The second-order valence-electron chi connectivity index (χ2n) is 4.91. The Hall–Kier alpha value is -1.59. The Labute approximate surface area is 119 Å². The summed E-state index contributed by atoms with van der Waals surface area (Å²) in [6, 6.07) is 7.33. The van der Waals surface area contributed by atoms with Crippen LogP contribution in [0.5, 0.6) is 5.75 Å². The maximum absolute atomic E-state index is 12.6. The van der Waals surface area contributed by atoms with Gasteiger partial charge in [0.25, 0.3) is 5.91 Å². The van der Waals surface area contributed by atoms with Crippen LogP contribution in [-0.4, -0.2) is 67.3 Å². The largest absolute Gasteiger partial charge is 0.496 e. The van der Waals surface area contributed by atoms with Gasteiger partial charge in [0.2, 0.25) is 0 Å². The summed E-state index contributed by atoms with van der Waals surface area (Å²) in [4.78, 5) is 16.6.